The molecule has 1 N–H and O–H groups in total. The SMILES string of the molecule is CCSC[C@H](C)NC1(Cc2ccccc2)CC1. The Morgan fingerprint density at radius 1 is 1.29 bits per heavy atom. The third kappa shape index (κ3) is 4.04. The first-order valence-corrected chi connectivity index (χ1v) is 7.79. The van der Waals surface area contributed by atoms with E-state index in [0.717, 1.165) is 0 Å². The van der Waals surface area contributed by atoms with Crippen LogP contribution >= 0.6 is 11.8 Å². The highest BCUT2D eigenvalue weighted by atomic mass is 32.2. The summed E-state index contributed by atoms with van der Waals surface area (Å²) in [6.45, 7) is 4.54. The molecule has 0 radical (unpaired) electrons. The molecule has 0 bridgehead atoms. The van der Waals surface area contributed by atoms with Crippen molar-refractivity contribution in [2.24, 2.45) is 0 Å². The highest BCUT2D eigenvalue weighted by Gasteiger charge is 2.42. The number of hydrogen-bond donors (Lipinski definition) is 1. The van der Waals surface area contributed by atoms with Crippen LogP contribution < -0.4 is 5.32 Å². The summed E-state index contributed by atoms with van der Waals surface area (Å²) >= 11 is 2.03. The highest BCUT2D eigenvalue weighted by molar-refractivity contribution is 7.99. The van der Waals surface area contributed by atoms with Crippen molar-refractivity contribution in [2.45, 2.75) is 44.7 Å². The maximum absolute atomic E-state index is 3.83. The molecule has 0 spiro atoms. The van der Waals surface area contributed by atoms with E-state index in [0.29, 0.717) is 11.6 Å². The van der Waals surface area contributed by atoms with Gasteiger partial charge in [0.25, 0.3) is 0 Å². The molecule has 2 rings (SSSR count). The molecule has 94 valence electrons. The van der Waals surface area contributed by atoms with Gasteiger partial charge in [-0.2, -0.15) is 11.8 Å². The minimum Gasteiger partial charge on any atom is -0.308 e. The van der Waals surface area contributed by atoms with Crippen molar-refractivity contribution in [2.75, 3.05) is 11.5 Å². The Morgan fingerprint density at radius 3 is 2.59 bits per heavy atom. The molecule has 0 saturated heterocycles. The molecule has 1 saturated carbocycles. The summed E-state index contributed by atoms with van der Waals surface area (Å²) < 4.78 is 0. The van der Waals surface area contributed by atoms with Gasteiger partial charge in [0.1, 0.15) is 0 Å². The fourth-order valence-corrected chi connectivity index (χ4v) is 3.04. The van der Waals surface area contributed by atoms with Gasteiger partial charge in [0, 0.05) is 17.3 Å². The molecule has 1 fully saturated rings. The van der Waals surface area contributed by atoms with Crippen molar-refractivity contribution in [3.63, 3.8) is 0 Å². The van der Waals surface area contributed by atoms with Gasteiger partial charge < -0.3 is 5.32 Å². The van der Waals surface area contributed by atoms with E-state index in [-0.39, 0.29) is 0 Å². The molecule has 2 heteroatoms. The van der Waals surface area contributed by atoms with Crippen molar-refractivity contribution >= 4 is 11.8 Å². The largest absolute Gasteiger partial charge is 0.308 e. The van der Waals surface area contributed by atoms with Gasteiger partial charge in [-0.3, -0.25) is 0 Å². The molecular formula is C15H23NS. The van der Waals surface area contributed by atoms with Crippen molar-refractivity contribution in [3.8, 4) is 0 Å². The number of thioether (sulfide) groups is 1. The topological polar surface area (TPSA) is 12.0 Å². The van der Waals surface area contributed by atoms with Crippen LogP contribution in [0.15, 0.2) is 30.3 Å². The molecule has 17 heavy (non-hydrogen) atoms. The predicted molar refractivity (Wildman–Crippen MR) is 77.7 cm³/mol. The Balaban J connectivity index is 1.83. The Hall–Kier alpha value is -0.470. The molecule has 0 aliphatic heterocycles. The monoisotopic (exact) mass is 249 g/mol. The molecule has 1 nitrogen and oxygen atoms in total. The van der Waals surface area contributed by atoms with Crippen LogP contribution in [0.3, 0.4) is 0 Å². The average molecular weight is 249 g/mol. The number of hydrogen-bond acceptors (Lipinski definition) is 2. The van der Waals surface area contributed by atoms with E-state index in [2.05, 4.69) is 49.5 Å². The Kier molecular flexibility index (Phi) is 4.52. The second-order valence-electron chi connectivity index (χ2n) is 5.15. The number of benzene rings is 1. The second-order valence-corrected chi connectivity index (χ2v) is 6.47. The Bertz CT molecular complexity index is 332. The molecule has 1 aromatic rings. The van der Waals surface area contributed by atoms with Crippen molar-refractivity contribution in [3.05, 3.63) is 35.9 Å². The molecule has 0 heterocycles. The first-order valence-electron chi connectivity index (χ1n) is 6.63. The number of rotatable bonds is 7. The van der Waals surface area contributed by atoms with Crippen LogP contribution in [0.2, 0.25) is 0 Å². The third-order valence-corrected chi connectivity index (χ3v) is 4.51. The minimum atomic E-state index is 0.412. The van der Waals surface area contributed by atoms with E-state index < -0.39 is 0 Å². The van der Waals surface area contributed by atoms with Crippen LogP contribution in [-0.2, 0) is 6.42 Å². The predicted octanol–water partition coefficient (Wildman–Crippen LogP) is 3.49. The van der Waals surface area contributed by atoms with Crippen LogP contribution in [0.25, 0.3) is 0 Å². The summed E-state index contributed by atoms with van der Waals surface area (Å²) in [6, 6.07) is 11.5. The highest BCUT2D eigenvalue weighted by Crippen LogP contribution is 2.39. The first kappa shape index (κ1) is 13.0. The van der Waals surface area contributed by atoms with Crippen LogP contribution in [0.4, 0.5) is 0 Å². The summed E-state index contributed by atoms with van der Waals surface area (Å²) in [5, 5.41) is 3.83. The lowest BCUT2D eigenvalue weighted by molar-refractivity contribution is 0.448. The Morgan fingerprint density at radius 2 is 2.00 bits per heavy atom. The van der Waals surface area contributed by atoms with Crippen LogP contribution in [-0.4, -0.2) is 23.1 Å². The standard InChI is InChI=1S/C15H23NS/c1-3-17-12-13(2)16-15(9-10-15)11-14-7-5-4-6-8-14/h4-8,13,16H,3,9-12H2,1-2H3/t13-/m0/s1. The van der Waals surface area contributed by atoms with Gasteiger partial charge in [-0.05, 0) is 37.5 Å². The van der Waals surface area contributed by atoms with Crippen molar-refractivity contribution in [1.82, 2.24) is 5.32 Å². The molecule has 0 unspecified atom stereocenters. The normalized spacial score (nSPS) is 18.9. The lowest BCUT2D eigenvalue weighted by Gasteiger charge is -2.22. The quantitative estimate of drug-likeness (QED) is 0.794. The van der Waals surface area contributed by atoms with Crippen molar-refractivity contribution in [1.29, 1.82) is 0 Å². The number of nitrogens with one attached hydrogen (secondary N) is 1. The summed E-state index contributed by atoms with van der Waals surface area (Å²) in [5.41, 5.74) is 1.88. The van der Waals surface area contributed by atoms with Gasteiger partial charge in [-0.1, -0.05) is 37.3 Å². The fourth-order valence-electron chi connectivity index (χ4n) is 2.37. The van der Waals surface area contributed by atoms with E-state index >= 15 is 0 Å². The van der Waals surface area contributed by atoms with E-state index in [1.165, 1.54) is 36.3 Å². The molecule has 1 aliphatic rings. The molecule has 0 amide bonds. The van der Waals surface area contributed by atoms with Crippen molar-refractivity contribution < 1.29 is 0 Å². The molecule has 1 aromatic carbocycles. The lowest BCUT2D eigenvalue weighted by Crippen LogP contribution is -2.41. The summed E-state index contributed by atoms with van der Waals surface area (Å²) in [4.78, 5) is 0. The first-order chi connectivity index (χ1) is 8.24. The van der Waals surface area contributed by atoms with E-state index in [4.69, 9.17) is 0 Å². The van der Waals surface area contributed by atoms with E-state index in [9.17, 15) is 0 Å². The van der Waals surface area contributed by atoms with E-state index in [1.54, 1.807) is 0 Å². The summed E-state index contributed by atoms with van der Waals surface area (Å²) in [5.74, 6) is 2.45. The maximum atomic E-state index is 3.83. The molecule has 0 aromatic heterocycles. The van der Waals surface area contributed by atoms with Crippen LogP contribution in [0.5, 0.6) is 0 Å². The zero-order valence-electron chi connectivity index (χ0n) is 10.9. The van der Waals surface area contributed by atoms with Crippen LogP contribution in [0.1, 0.15) is 32.3 Å². The third-order valence-electron chi connectivity index (χ3n) is 3.36. The zero-order chi connectivity index (χ0) is 12.1. The maximum Gasteiger partial charge on any atom is 0.0226 e. The van der Waals surface area contributed by atoms with Gasteiger partial charge in [0.2, 0.25) is 0 Å². The van der Waals surface area contributed by atoms with Gasteiger partial charge in [0.15, 0.2) is 0 Å². The van der Waals surface area contributed by atoms with Crippen LogP contribution in [0, 0.1) is 0 Å². The van der Waals surface area contributed by atoms with Gasteiger partial charge in [-0.15, -0.1) is 0 Å². The molecule has 1 aliphatic carbocycles. The molecule has 1 atom stereocenters. The average Bonchev–Trinajstić information content (AvgIpc) is 3.07. The van der Waals surface area contributed by atoms with Gasteiger partial charge in [0.05, 0.1) is 0 Å². The summed E-state index contributed by atoms with van der Waals surface area (Å²) in [6.07, 6.45) is 3.86. The second kappa shape index (κ2) is 5.92. The fraction of sp³-hybridized carbons (Fsp3) is 0.600. The zero-order valence-corrected chi connectivity index (χ0v) is 11.7. The Labute approximate surface area is 109 Å². The molecular weight excluding hydrogens is 226 g/mol. The summed E-state index contributed by atoms with van der Waals surface area (Å²) in [7, 11) is 0. The van der Waals surface area contributed by atoms with E-state index in [1.807, 2.05) is 11.8 Å². The lowest BCUT2D eigenvalue weighted by atomic mass is 10.0. The van der Waals surface area contributed by atoms with Gasteiger partial charge >= 0.3 is 0 Å². The smallest absolute Gasteiger partial charge is 0.0226 e. The minimum absolute atomic E-state index is 0.412. The van der Waals surface area contributed by atoms with Gasteiger partial charge in [-0.25, -0.2) is 0 Å².